The van der Waals surface area contributed by atoms with Gasteiger partial charge >= 0.3 is 0 Å². The minimum Gasteiger partial charge on any atom is -0.330 e. The zero-order valence-corrected chi connectivity index (χ0v) is 8.99. The largest absolute Gasteiger partial charge is 0.330 e. The second-order valence-corrected chi connectivity index (χ2v) is 3.72. The van der Waals surface area contributed by atoms with Crippen LogP contribution in [-0.2, 0) is 6.42 Å². The van der Waals surface area contributed by atoms with Gasteiger partial charge in [0.05, 0.1) is 0 Å². The van der Waals surface area contributed by atoms with Crippen LogP contribution in [0.2, 0.25) is 0 Å². The summed E-state index contributed by atoms with van der Waals surface area (Å²) in [6.07, 6.45) is 0.714. The quantitative estimate of drug-likeness (QED) is 0.836. The summed E-state index contributed by atoms with van der Waals surface area (Å²) in [6, 6.07) is 14.8. The van der Waals surface area contributed by atoms with Crippen LogP contribution in [-0.4, -0.2) is 6.54 Å². The van der Waals surface area contributed by atoms with Crippen molar-refractivity contribution in [2.75, 3.05) is 6.54 Å². The first-order valence-electron chi connectivity index (χ1n) is 5.35. The molecule has 0 saturated carbocycles. The summed E-state index contributed by atoms with van der Waals surface area (Å²) in [5, 5.41) is 0. The highest BCUT2D eigenvalue weighted by Gasteiger charge is 2.05. The number of hydrogen-bond donors (Lipinski definition) is 1. The topological polar surface area (TPSA) is 26.0 Å². The molecule has 2 N–H and O–H groups in total. The molecule has 2 rings (SSSR count). The highest BCUT2D eigenvalue weighted by molar-refractivity contribution is 5.64. The van der Waals surface area contributed by atoms with Gasteiger partial charge in [-0.2, -0.15) is 0 Å². The van der Waals surface area contributed by atoms with E-state index in [-0.39, 0.29) is 5.82 Å². The van der Waals surface area contributed by atoms with E-state index in [0.717, 1.165) is 11.1 Å². The second-order valence-electron chi connectivity index (χ2n) is 3.72. The van der Waals surface area contributed by atoms with E-state index < -0.39 is 0 Å². The SMILES string of the molecule is NCCc1ccc(-c2ccccc2)c(F)c1. The number of rotatable bonds is 3. The smallest absolute Gasteiger partial charge is 0.131 e. The molecule has 0 radical (unpaired) electrons. The summed E-state index contributed by atoms with van der Waals surface area (Å²) < 4.78 is 13.8. The minimum atomic E-state index is -0.183. The molecule has 0 aliphatic carbocycles. The normalized spacial score (nSPS) is 10.4. The van der Waals surface area contributed by atoms with Gasteiger partial charge in [0.1, 0.15) is 5.82 Å². The Balaban J connectivity index is 2.37. The zero-order chi connectivity index (χ0) is 11.4. The fraction of sp³-hybridized carbons (Fsp3) is 0.143. The summed E-state index contributed by atoms with van der Waals surface area (Å²) in [4.78, 5) is 0. The third kappa shape index (κ3) is 2.28. The summed E-state index contributed by atoms with van der Waals surface area (Å²) in [5.41, 5.74) is 7.92. The van der Waals surface area contributed by atoms with Crippen LogP contribution in [0.25, 0.3) is 11.1 Å². The first kappa shape index (κ1) is 10.8. The van der Waals surface area contributed by atoms with Gasteiger partial charge in [0.25, 0.3) is 0 Å². The number of halogens is 1. The van der Waals surface area contributed by atoms with E-state index in [1.54, 1.807) is 6.07 Å². The maximum absolute atomic E-state index is 13.8. The van der Waals surface area contributed by atoms with Gasteiger partial charge in [-0.1, -0.05) is 42.5 Å². The van der Waals surface area contributed by atoms with Gasteiger partial charge in [0.2, 0.25) is 0 Å². The lowest BCUT2D eigenvalue weighted by molar-refractivity contribution is 0.629. The molecular weight excluding hydrogens is 201 g/mol. The maximum Gasteiger partial charge on any atom is 0.131 e. The van der Waals surface area contributed by atoms with Crippen LogP contribution in [0.5, 0.6) is 0 Å². The second kappa shape index (κ2) is 4.90. The van der Waals surface area contributed by atoms with Gasteiger partial charge in [-0.15, -0.1) is 0 Å². The number of nitrogens with two attached hydrogens (primary N) is 1. The lowest BCUT2D eigenvalue weighted by atomic mass is 10.0. The van der Waals surface area contributed by atoms with Gasteiger partial charge in [0.15, 0.2) is 0 Å². The summed E-state index contributed by atoms with van der Waals surface area (Å²) >= 11 is 0. The van der Waals surface area contributed by atoms with Gasteiger partial charge < -0.3 is 5.73 Å². The van der Waals surface area contributed by atoms with Crippen molar-refractivity contribution in [1.29, 1.82) is 0 Å². The molecule has 0 saturated heterocycles. The van der Waals surface area contributed by atoms with E-state index in [1.165, 1.54) is 0 Å². The third-order valence-electron chi connectivity index (χ3n) is 2.55. The van der Waals surface area contributed by atoms with Crippen LogP contribution in [0.3, 0.4) is 0 Å². The fourth-order valence-electron chi connectivity index (χ4n) is 1.73. The van der Waals surface area contributed by atoms with E-state index >= 15 is 0 Å². The Hall–Kier alpha value is -1.67. The zero-order valence-electron chi connectivity index (χ0n) is 8.99. The van der Waals surface area contributed by atoms with Crippen molar-refractivity contribution in [3.8, 4) is 11.1 Å². The Morgan fingerprint density at radius 1 is 1.00 bits per heavy atom. The average molecular weight is 215 g/mol. The molecule has 82 valence electrons. The minimum absolute atomic E-state index is 0.183. The molecule has 0 spiro atoms. The van der Waals surface area contributed by atoms with E-state index in [2.05, 4.69) is 0 Å². The highest BCUT2D eigenvalue weighted by atomic mass is 19.1. The molecule has 2 aromatic rings. The van der Waals surface area contributed by atoms with Gasteiger partial charge in [0, 0.05) is 5.56 Å². The van der Waals surface area contributed by atoms with Crippen molar-refractivity contribution < 1.29 is 4.39 Å². The van der Waals surface area contributed by atoms with E-state index in [0.29, 0.717) is 18.5 Å². The monoisotopic (exact) mass is 215 g/mol. The van der Waals surface area contributed by atoms with Crippen LogP contribution < -0.4 is 5.73 Å². The summed E-state index contributed by atoms with van der Waals surface area (Å²) in [6.45, 7) is 0.546. The van der Waals surface area contributed by atoms with Crippen molar-refractivity contribution >= 4 is 0 Å². The maximum atomic E-state index is 13.8. The molecule has 1 nitrogen and oxygen atoms in total. The number of hydrogen-bond acceptors (Lipinski definition) is 1. The van der Waals surface area contributed by atoms with Gasteiger partial charge in [-0.05, 0) is 30.2 Å². The Morgan fingerprint density at radius 3 is 2.38 bits per heavy atom. The van der Waals surface area contributed by atoms with E-state index in [1.807, 2.05) is 42.5 Å². The Bertz CT molecular complexity index is 465. The average Bonchev–Trinajstić information content (AvgIpc) is 2.31. The molecule has 0 unspecified atom stereocenters. The molecule has 0 aliphatic heterocycles. The third-order valence-corrected chi connectivity index (χ3v) is 2.55. The highest BCUT2D eigenvalue weighted by Crippen LogP contribution is 2.23. The van der Waals surface area contributed by atoms with Crippen LogP contribution in [0.15, 0.2) is 48.5 Å². The van der Waals surface area contributed by atoms with Gasteiger partial charge in [-0.3, -0.25) is 0 Å². The molecule has 0 aromatic heterocycles. The molecule has 2 heteroatoms. The molecular formula is C14H14FN. The molecule has 0 amide bonds. The van der Waals surface area contributed by atoms with Crippen molar-refractivity contribution in [2.45, 2.75) is 6.42 Å². The van der Waals surface area contributed by atoms with Crippen LogP contribution in [0.1, 0.15) is 5.56 Å². The van der Waals surface area contributed by atoms with Crippen molar-refractivity contribution in [3.05, 3.63) is 59.9 Å². The van der Waals surface area contributed by atoms with Gasteiger partial charge in [-0.25, -0.2) is 4.39 Å². The first-order chi connectivity index (χ1) is 7.81. The van der Waals surface area contributed by atoms with Crippen LogP contribution in [0, 0.1) is 5.82 Å². The molecule has 0 aliphatic rings. The molecule has 2 aromatic carbocycles. The summed E-state index contributed by atoms with van der Waals surface area (Å²) in [5.74, 6) is -0.183. The van der Waals surface area contributed by atoms with Crippen molar-refractivity contribution in [3.63, 3.8) is 0 Å². The van der Waals surface area contributed by atoms with E-state index in [9.17, 15) is 4.39 Å². The molecule has 0 heterocycles. The molecule has 0 atom stereocenters. The molecule has 16 heavy (non-hydrogen) atoms. The van der Waals surface area contributed by atoms with Crippen LogP contribution >= 0.6 is 0 Å². The molecule has 0 bridgehead atoms. The van der Waals surface area contributed by atoms with E-state index in [4.69, 9.17) is 5.73 Å². The van der Waals surface area contributed by atoms with Crippen molar-refractivity contribution in [2.24, 2.45) is 5.73 Å². The van der Waals surface area contributed by atoms with Crippen LogP contribution in [0.4, 0.5) is 4.39 Å². The first-order valence-corrected chi connectivity index (χ1v) is 5.35. The summed E-state index contributed by atoms with van der Waals surface area (Å²) in [7, 11) is 0. The molecule has 0 fully saturated rings. The fourth-order valence-corrected chi connectivity index (χ4v) is 1.73. The lowest BCUT2D eigenvalue weighted by Crippen LogP contribution is -2.03. The Kier molecular flexibility index (Phi) is 3.32. The predicted octanol–water partition coefficient (Wildman–Crippen LogP) is 2.99. The lowest BCUT2D eigenvalue weighted by Gasteiger charge is -2.05. The standard InChI is InChI=1S/C14H14FN/c15-14-10-11(8-9-16)6-7-13(14)12-4-2-1-3-5-12/h1-7,10H,8-9,16H2. The Labute approximate surface area is 94.7 Å². The van der Waals surface area contributed by atoms with Crippen molar-refractivity contribution in [1.82, 2.24) is 0 Å². The number of benzene rings is 2. The Morgan fingerprint density at radius 2 is 1.75 bits per heavy atom. The predicted molar refractivity (Wildman–Crippen MR) is 64.6 cm³/mol.